The van der Waals surface area contributed by atoms with Gasteiger partial charge in [0.05, 0.1) is 13.1 Å². The fourth-order valence-corrected chi connectivity index (χ4v) is 7.56. The van der Waals surface area contributed by atoms with Gasteiger partial charge in [-0.3, -0.25) is 0 Å². The highest BCUT2D eigenvalue weighted by molar-refractivity contribution is 4.84. The van der Waals surface area contributed by atoms with Crippen molar-refractivity contribution in [3.8, 4) is 0 Å². The number of hydrogen-bond acceptors (Lipinski definition) is 0. The summed E-state index contributed by atoms with van der Waals surface area (Å²) < 4.78 is 5.28. The molecule has 2 heteroatoms. The van der Waals surface area contributed by atoms with E-state index in [2.05, 4.69) is 42.3 Å². The molecule has 0 saturated heterocycles. The van der Waals surface area contributed by atoms with Crippen LogP contribution in [0.3, 0.4) is 0 Å². The second kappa shape index (κ2) is 36.5. The Morgan fingerprint density at radius 1 is 0.362 bits per heavy atom. The minimum absolute atomic E-state index is 1.23. The standard InChI is InChI=1S/C45H89N2/c1-4-7-10-13-16-18-20-22-23-24-26-28-30-33-36-39-42-47-44-43-46(45(47)40-37-34-31-15-12-9-6-3)41-38-35-32-29-27-25-21-19-17-14-11-8-5-2/h43-44H,4-42H2,1-3H3/q+1. The summed E-state index contributed by atoms with van der Waals surface area (Å²) in [6.07, 6.45) is 57.8. The zero-order valence-electron chi connectivity index (χ0n) is 33.1. The fraction of sp³-hybridized carbons (Fsp3) is 0.933. The third-order valence-electron chi connectivity index (χ3n) is 10.8. The highest BCUT2D eigenvalue weighted by atomic mass is 15.1. The van der Waals surface area contributed by atoms with Gasteiger partial charge in [0.25, 0.3) is 5.82 Å². The lowest BCUT2D eigenvalue weighted by Gasteiger charge is -2.07. The Hall–Kier alpha value is -0.790. The van der Waals surface area contributed by atoms with Crippen molar-refractivity contribution in [2.24, 2.45) is 0 Å². The minimum atomic E-state index is 1.23. The molecule has 1 heterocycles. The van der Waals surface area contributed by atoms with Crippen molar-refractivity contribution < 1.29 is 4.57 Å². The SMILES string of the molecule is CCCCCCCCCCCCCCCCCCn1cc[n+](CCCCCCCCCCCCCCC)c1CCCCCCCCC. The van der Waals surface area contributed by atoms with E-state index in [0.717, 1.165) is 0 Å². The van der Waals surface area contributed by atoms with E-state index in [-0.39, 0.29) is 0 Å². The van der Waals surface area contributed by atoms with Crippen LogP contribution in [0.1, 0.15) is 258 Å². The summed E-state index contributed by atoms with van der Waals surface area (Å²) in [5.74, 6) is 1.62. The van der Waals surface area contributed by atoms with Crippen LogP contribution in [0.5, 0.6) is 0 Å². The van der Waals surface area contributed by atoms with E-state index in [9.17, 15) is 0 Å². The Morgan fingerprint density at radius 3 is 1.02 bits per heavy atom. The van der Waals surface area contributed by atoms with E-state index >= 15 is 0 Å². The van der Waals surface area contributed by atoms with Crippen molar-refractivity contribution in [2.45, 2.75) is 271 Å². The van der Waals surface area contributed by atoms with Crippen LogP contribution >= 0.6 is 0 Å². The third-order valence-corrected chi connectivity index (χ3v) is 10.8. The molecule has 278 valence electrons. The van der Waals surface area contributed by atoms with Gasteiger partial charge < -0.3 is 0 Å². The molecule has 1 aromatic rings. The van der Waals surface area contributed by atoms with Crippen molar-refractivity contribution in [3.05, 3.63) is 18.2 Å². The van der Waals surface area contributed by atoms with Crippen LogP contribution < -0.4 is 4.57 Å². The first-order valence-electron chi connectivity index (χ1n) is 22.4. The van der Waals surface area contributed by atoms with Gasteiger partial charge in [-0.1, -0.05) is 220 Å². The van der Waals surface area contributed by atoms with E-state index in [4.69, 9.17) is 0 Å². The number of aromatic nitrogens is 2. The maximum atomic E-state index is 2.64. The van der Waals surface area contributed by atoms with E-state index in [1.165, 1.54) is 251 Å². The fourth-order valence-electron chi connectivity index (χ4n) is 7.56. The van der Waals surface area contributed by atoms with Gasteiger partial charge in [0.1, 0.15) is 12.4 Å². The number of hydrogen-bond donors (Lipinski definition) is 0. The van der Waals surface area contributed by atoms with Crippen LogP contribution in [-0.4, -0.2) is 4.57 Å². The Morgan fingerprint density at radius 2 is 0.660 bits per heavy atom. The summed E-state index contributed by atoms with van der Waals surface area (Å²) in [5, 5.41) is 0. The van der Waals surface area contributed by atoms with Crippen LogP contribution in [0.4, 0.5) is 0 Å². The van der Waals surface area contributed by atoms with Gasteiger partial charge in [-0.2, -0.15) is 0 Å². The quantitative estimate of drug-likeness (QED) is 0.0492. The highest BCUT2D eigenvalue weighted by Crippen LogP contribution is 2.16. The number of imidazole rings is 1. The van der Waals surface area contributed by atoms with E-state index in [1.807, 2.05) is 0 Å². The van der Waals surface area contributed by atoms with Crippen molar-refractivity contribution >= 4 is 0 Å². The maximum Gasteiger partial charge on any atom is 0.256 e. The topological polar surface area (TPSA) is 8.81 Å². The molecular formula is C45H89N2+. The molecule has 0 aliphatic heterocycles. The number of aryl methyl sites for hydroxylation is 2. The zero-order valence-corrected chi connectivity index (χ0v) is 33.1. The average molecular weight is 658 g/mol. The summed E-state index contributed by atoms with van der Waals surface area (Å²) in [4.78, 5) is 0. The molecule has 0 aliphatic rings. The molecule has 0 amide bonds. The normalized spacial score (nSPS) is 11.6. The Bertz CT molecular complexity index is 722. The van der Waals surface area contributed by atoms with Crippen LogP contribution in [0.15, 0.2) is 12.4 Å². The van der Waals surface area contributed by atoms with E-state index in [0.29, 0.717) is 0 Å². The van der Waals surface area contributed by atoms with Crippen molar-refractivity contribution in [1.82, 2.24) is 4.57 Å². The molecule has 0 aliphatic carbocycles. The highest BCUT2D eigenvalue weighted by Gasteiger charge is 2.16. The molecule has 0 atom stereocenters. The van der Waals surface area contributed by atoms with Gasteiger partial charge in [-0.15, -0.1) is 0 Å². The molecular weight excluding hydrogens is 569 g/mol. The molecule has 1 rings (SSSR count). The summed E-state index contributed by atoms with van der Waals surface area (Å²) >= 11 is 0. The Kier molecular flexibility index (Phi) is 34.3. The molecule has 47 heavy (non-hydrogen) atoms. The zero-order chi connectivity index (χ0) is 33.7. The van der Waals surface area contributed by atoms with Crippen LogP contribution in [0, 0.1) is 0 Å². The first kappa shape index (κ1) is 44.2. The molecule has 2 nitrogen and oxygen atoms in total. The van der Waals surface area contributed by atoms with Gasteiger partial charge in [-0.25, -0.2) is 9.13 Å². The summed E-state index contributed by atoms with van der Waals surface area (Å²) in [6, 6.07) is 0. The molecule has 0 aromatic carbocycles. The number of nitrogens with zero attached hydrogens (tertiary/aromatic N) is 2. The molecule has 0 radical (unpaired) electrons. The minimum Gasteiger partial charge on any atom is -0.234 e. The summed E-state index contributed by atoms with van der Waals surface area (Å²) in [6.45, 7) is 9.41. The first-order chi connectivity index (χ1) is 23.3. The Balaban J connectivity index is 2.20. The number of unbranched alkanes of at least 4 members (excludes halogenated alkanes) is 33. The molecule has 0 spiro atoms. The second-order valence-electron chi connectivity index (χ2n) is 15.5. The third kappa shape index (κ3) is 28.7. The van der Waals surface area contributed by atoms with Crippen molar-refractivity contribution in [3.63, 3.8) is 0 Å². The lowest BCUT2D eigenvalue weighted by atomic mass is 10.0. The van der Waals surface area contributed by atoms with Crippen molar-refractivity contribution in [2.75, 3.05) is 0 Å². The van der Waals surface area contributed by atoms with Gasteiger partial charge in [-0.05, 0) is 32.1 Å². The molecule has 0 unspecified atom stereocenters. The molecule has 0 fully saturated rings. The van der Waals surface area contributed by atoms with E-state index < -0.39 is 0 Å². The molecule has 0 saturated carbocycles. The lowest BCUT2D eigenvalue weighted by molar-refractivity contribution is -0.704. The van der Waals surface area contributed by atoms with E-state index in [1.54, 1.807) is 5.82 Å². The van der Waals surface area contributed by atoms with Gasteiger partial charge in [0, 0.05) is 6.42 Å². The molecule has 1 aromatic heterocycles. The van der Waals surface area contributed by atoms with Crippen LogP contribution in [-0.2, 0) is 19.5 Å². The van der Waals surface area contributed by atoms with Crippen molar-refractivity contribution in [1.29, 1.82) is 0 Å². The van der Waals surface area contributed by atoms with Crippen LogP contribution in [0.25, 0.3) is 0 Å². The summed E-state index contributed by atoms with van der Waals surface area (Å²) in [5.41, 5.74) is 0. The monoisotopic (exact) mass is 658 g/mol. The van der Waals surface area contributed by atoms with Crippen LogP contribution in [0.2, 0.25) is 0 Å². The van der Waals surface area contributed by atoms with Gasteiger partial charge in [0.2, 0.25) is 0 Å². The summed E-state index contributed by atoms with van der Waals surface area (Å²) in [7, 11) is 0. The predicted octanol–water partition coefficient (Wildman–Crippen LogP) is 15.4. The largest absolute Gasteiger partial charge is 0.256 e. The van der Waals surface area contributed by atoms with Gasteiger partial charge >= 0.3 is 0 Å². The average Bonchev–Trinajstić information content (AvgIpc) is 3.47. The predicted molar refractivity (Wildman–Crippen MR) is 212 cm³/mol. The molecule has 0 bridgehead atoms. The Labute approximate surface area is 298 Å². The maximum absolute atomic E-state index is 2.64. The second-order valence-corrected chi connectivity index (χ2v) is 15.5. The first-order valence-corrected chi connectivity index (χ1v) is 22.4. The van der Waals surface area contributed by atoms with Gasteiger partial charge in [0.15, 0.2) is 0 Å². The number of rotatable bonds is 39. The smallest absolute Gasteiger partial charge is 0.234 e. The molecule has 0 N–H and O–H groups in total. The lowest BCUT2D eigenvalue weighted by Crippen LogP contribution is -2.37.